The maximum absolute atomic E-state index is 12.6. The van der Waals surface area contributed by atoms with Gasteiger partial charge in [0, 0.05) is 36.9 Å². The predicted octanol–water partition coefficient (Wildman–Crippen LogP) is 4.01. The highest BCUT2D eigenvalue weighted by atomic mass is 32.2. The molecule has 1 heterocycles. The van der Waals surface area contributed by atoms with Crippen LogP contribution in [0.3, 0.4) is 0 Å². The lowest BCUT2D eigenvalue weighted by Crippen LogP contribution is -2.31. The van der Waals surface area contributed by atoms with Gasteiger partial charge in [-0.1, -0.05) is 48.5 Å². The van der Waals surface area contributed by atoms with E-state index in [1.165, 1.54) is 11.1 Å². The summed E-state index contributed by atoms with van der Waals surface area (Å²) in [5, 5.41) is 2.94. The Kier molecular flexibility index (Phi) is 7.34. The van der Waals surface area contributed by atoms with Crippen molar-refractivity contribution in [1.29, 1.82) is 0 Å². The molecule has 0 radical (unpaired) electrons. The van der Waals surface area contributed by atoms with Crippen molar-refractivity contribution in [2.45, 2.75) is 45.2 Å². The van der Waals surface area contributed by atoms with Crippen molar-refractivity contribution in [3.05, 3.63) is 101 Å². The van der Waals surface area contributed by atoms with E-state index in [0.29, 0.717) is 17.7 Å². The van der Waals surface area contributed by atoms with E-state index in [0.717, 1.165) is 30.8 Å². The van der Waals surface area contributed by atoms with Crippen molar-refractivity contribution in [3.8, 4) is 0 Å². The Labute approximate surface area is 202 Å². The zero-order valence-electron chi connectivity index (χ0n) is 19.6. The lowest BCUT2D eigenvalue weighted by Gasteiger charge is -2.30. The maximum Gasteiger partial charge on any atom is 0.251 e. The van der Waals surface area contributed by atoms with Crippen molar-refractivity contribution < 1.29 is 13.2 Å². The highest BCUT2D eigenvalue weighted by molar-refractivity contribution is 7.88. The highest BCUT2D eigenvalue weighted by Gasteiger charge is 2.17. The van der Waals surface area contributed by atoms with Crippen molar-refractivity contribution >= 4 is 21.6 Å². The largest absolute Gasteiger partial charge is 0.367 e. The fourth-order valence-electron chi connectivity index (χ4n) is 4.20. The van der Waals surface area contributed by atoms with E-state index in [4.69, 9.17) is 0 Å². The molecule has 0 unspecified atom stereocenters. The van der Waals surface area contributed by atoms with E-state index in [9.17, 15) is 13.2 Å². The van der Waals surface area contributed by atoms with Crippen LogP contribution in [0.1, 0.15) is 46.5 Å². The number of nitrogens with one attached hydrogen (secondary N) is 2. The first kappa shape index (κ1) is 24.0. The number of amides is 1. The SMILES string of the molecule is CC(C)NS(=O)(=O)Cc1ccc(CNC(=O)c2ccc(N3CCc4ccccc4C3)cc2)cc1. The van der Waals surface area contributed by atoms with Gasteiger partial charge in [0.05, 0.1) is 5.75 Å². The number of fused-ring (bicyclic) bond motifs is 1. The molecule has 1 aliphatic rings. The third-order valence-corrected chi connectivity index (χ3v) is 7.42. The van der Waals surface area contributed by atoms with Gasteiger partial charge in [-0.3, -0.25) is 4.79 Å². The third-order valence-electron chi connectivity index (χ3n) is 5.87. The van der Waals surface area contributed by atoms with Crippen molar-refractivity contribution in [3.63, 3.8) is 0 Å². The van der Waals surface area contributed by atoms with Gasteiger partial charge in [-0.25, -0.2) is 13.1 Å². The molecule has 2 N–H and O–H groups in total. The second-order valence-corrected chi connectivity index (χ2v) is 10.8. The minimum Gasteiger partial charge on any atom is -0.367 e. The molecular formula is C27H31N3O3S. The summed E-state index contributed by atoms with van der Waals surface area (Å²) in [5.41, 5.74) is 6.12. The molecule has 0 aliphatic carbocycles. The molecule has 0 atom stereocenters. The highest BCUT2D eigenvalue weighted by Crippen LogP contribution is 2.24. The van der Waals surface area contributed by atoms with Crippen LogP contribution in [0, 0.1) is 0 Å². The van der Waals surface area contributed by atoms with Crippen LogP contribution in [0.4, 0.5) is 5.69 Å². The minimum atomic E-state index is -3.36. The van der Waals surface area contributed by atoms with Gasteiger partial charge in [0.15, 0.2) is 0 Å². The lowest BCUT2D eigenvalue weighted by atomic mass is 9.99. The number of hydrogen-bond acceptors (Lipinski definition) is 4. The van der Waals surface area contributed by atoms with E-state index in [1.54, 1.807) is 26.0 Å². The van der Waals surface area contributed by atoms with Crippen LogP contribution in [0.5, 0.6) is 0 Å². The molecule has 7 heteroatoms. The summed E-state index contributed by atoms with van der Waals surface area (Å²) in [4.78, 5) is 14.9. The van der Waals surface area contributed by atoms with Gasteiger partial charge >= 0.3 is 0 Å². The number of hydrogen-bond donors (Lipinski definition) is 2. The smallest absolute Gasteiger partial charge is 0.251 e. The second kappa shape index (κ2) is 10.4. The van der Waals surface area contributed by atoms with Crippen molar-refractivity contribution in [2.75, 3.05) is 11.4 Å². The van der Waals surface area contributed by atoms with E-state index >= 15 is 0 Å². The number of sulfonamides is 1. The molecule has 34 heavy (non-hydrogen) atoms. The summed E-state index contributed by atoms with van der Waals surface area (Å²) in [6, 6.07) is 23.4. The number of carbonyl (C=O) groups excluding carboxylic acids is 1. The summed E-state index contributed by atoms with van der Waals surface area (Å²) < 4.78 is 26.7. The van der Waals surface area contributed by atoms with Gasteiger partial charge in [-0.05, 0) is 66.8 Å². The van der Waals surface area contributed by atoms with E-state index < -0.39 is 10.0 Å². The molecule has 0 saturated heterocycles. The Bertz CT molecular complexity index is 1240. The van der Waals surface area contributed by atoms with Crippen LogP contribution in [-0.2, 0) is 35.3 Å². The van der Waals surface area contributed by atoms with E-state index in [2.05, 4.69) is 39.2 Å². The summed E-state index contributed by atoms with van der Waals surface area (Å²) in [7, 11) is -3.36. The van der Waals surface area contributed by atoms with Gasteiger partial charge in [-0.15, -0.1) is 0 Å². The van der Waals surface area contributed by atoms with Gasteiger partial charge in [0.2, 0.25) is 10.0 Å². The minimum absolute atomic E-state index is 0.0627. The molecule has 0 aromatic heterocycles. The quantitative estimate of drug-likeness (QED) is 0.514. The molecule has 0 saturated carbocycles. The Morgan fingerprint density at radius 3 is 2.24 bits per heavy atom. The lowest BCUT2D eigenvalue weighted by molar-refractivity contribution is 0.0951. The van der Waals surface area contributed by atoms with Gasteiger partial charge in [0.25, 0.3) is 5.91 Å². The van der Waals surface area contributed by atoms with Crippen LogP contribution in [-0.4, -0.2) is 26.9 Å². The number of rotatable bonds is 8. The molecule has 4 rings (SSSR count). The fourth-order valence-corrected chi connectivity index (χ4v) is 5.63. The summed E-state index contributed by atoms with van der Waals surface area (Å²) in [6.45, 7) is 5.81. The average Bonchev–Trinajstić information content (AvgIpc) is 2.82. The standard InChI is InChI=1S/C27H31N3O3S/c1-20(2)29-34(32,33)19-22-9-7-21(8-10-22)17-28-27(31)24-11-13-26(14-12-24)30-16-15-23-5-3-4-6-25(23)18-30/h3-14,20,29H,15-19H2,1-2H3,(H,28,31). The second-order valence-electron chi connectivity index (χ2n) is 9.02. The Hall–Kier alpha value is -3.16. The molecule has 0 fully saturated rings. The van der Waals surface area contributed by atoms with Gasteiger partial charge < -0.3 is 10.2 Å². The Balaban J connectivity index is 1.30. The number of carbonyl (C=O) groups is 1. The molecule has 3 aromatic rings. The van der Waals surface area contributed by atoms with Crippen molar-refractivity contribution in [1.82, 2.24) is 10.0 Å². The zero-order chi connectivity index (χ0) is 24.1. The molecule has 0 bridgehead atoms. The molecule has 3 aromatic carbocycles. The van der Waals surface area contributed by atoms with E-state index in [-0.39, 0.29) is 17.7 Å². The van der Waals surface area contributed by atoms with Crippen LogP contribution >= 0.6 is 0 Å². The summed E-state index contributed by atoms with van der Waals surface area (Å²) in [5.74, 6) is -0.199. The summed E-state index contributed by atoms with van der Waals surface area (Å²) >= 11 is 0. The Morgan fingerprint density at radius 2 is 1.56 bits per heavy atom. The first-order chi connectivity index (χ1) is 16.3. The van der Waals surface area contributed by atoms with Gasteiger partial charge in [-0.2, -0.15) is 0 Å². The number of benzene rings is 3. The molecule has 6 nitrogen and oxygen atoms in total. The van der Waals surface area contributed by atoms with Crippen LogP contribution in [0.2, 0.25) is 0 Å². The number of nitrogens with zero attached hydrogens (tertiary/aromatic N) is 1. The first-order valence-electron chi connectivity index (χ1n) is 11.6. The van der Waals surface area contributed by atoms with E-state index in [1.807, 2.05) is 36.4 Å². The topological polar surface area (TPSA) is 78.5 Å². The summed E-state index contributed by atoms with van der Waals surface area (Å²) in [6.07, 6.45) is 1.03. The molecular weight excluding hydrogens is 446 g/mol. The predicted molar refractivity (Wildman–Crippen MR) is 136 cm³/mol. The Morgan fingerprint density at radius 1 is 0.912 bits per heavy atom. The molecule has 1 amide bonds. The molecule has 178 valence electrons. The fraction of sp³-hybridized carbons (Fsp3) is 0.296. The van der Waals surface area contributed by atoms with Crippen LogP contribution in [0.15, 0.2) is 72.8 Å². The van der Waals surface area contributed by atoms with Crippen LogP contribution in [0.25, 0.3) is 0 Å². The maximum atomic E-state index is 12.6. The molecule has 0 spiro atoms. The van der Waals surface area contributed by atoms with Crippen LogP contribution < -0.4 is 14.9 Å². The average molecular weight is 478 g/mol. The first-order valence-corrected chi connectivity index (χ1v) is 13.2. The normalized spacial score (nSPS) is 13.6. The van der Waals surface area contributed by atoms with Crippen molar-refractivity contribution in [2.24, 2.45) is 0 Å². The monoisotopic (exact) mass is 477 g/mol. The van der Waals surface area contributed by atoms with Gasteiger partial charge in [0.1, 0.15) is 0 Å². The molecule has 1 aliphatic heterocycles. The number of anilines is 1. The third kappa shape index (κ3) is 6.24. The zero-order valence-corrected chi connectivity index (χ0v) is 20.4.